The molecule has 0 bridgehead atoms. The number of ketones is 1. The van der Waals surface area contributed by atoms with Crippen molar-refractivity contribution < 1.29 is 14.8 Å². The summed E-state index contributed by atoms with van der Waals surface area (Å²) in [7, 11) is 0. The number of aromatic hydroxyl groups is 1. The van der Waals surface area contributed by atoms with Crippen LogP contribution in [0, 0.1) is 21.4 Å². The van der Waals surface area contributed by atoms with Crippen LogP contribution in [0.15, 0.2) is 54.1 Å². The minimum atomic E-state index is -0.738. The fourth-order valence-electron chi connectivity index (χ4n) is 1.84. The number of carbonyl (C=O) groups is 1. The van der Waals surface area contributed by atoms with Gasteiger partial charge in [0.05, 0.1) is 4.92 Å². The molecular formula is C16H10N2O4. The first-order valence-electron chi connectivity index (χ1n) is 6.22. The highest BCUT2D eigenvalue weighted by Crippen LogP contribution is 2.27. The molecule has 6 heteroatoms. The predicted molar refractivity (Wildman–Crippen MR) is 79.1 cm³/mol. The summed E-state index contributed by atoms with van der Waals surface area (Å²) in [4.78, 5) is 22.2. The zero-order valence-corrected chi connectivity index (χ0v) is 11.3. The number of nitriles is 1. The van der Waals surface area contributed by atoms with Crippen molar-refractivity contribution in [1.29, 1.82) is 5.26 Å². The SMILES string of the molecule is N#C/C(=C\c1ccc(O)c([N+](=O)[O-])c1)C(=O)c1ccccc1. The van der Waals surface area contributed by atoms with E-state index in [0.717, 1.165) is 12.1 Å². The van der Waals surface area contributed by atoms with Crippen LogP contribution in [-0.4, -0.2) is 15.8 Å². The van der Waals surface area contributed by atoms with Crippen LogP contribution in [0.1, 0.15) is 15.9 Å². The van der Waals surface area contributed by atoms with Crippen LogP contribution >= 0.6 is 0 Å². The molecule has 0 saturated carbocycles. The molecule has 0 amide bonds. The molecule has 0 spiro atoms. The molecule has 22 heavy (non-hydrogen) atoms. The van der Waals surface area contributed by atoms with Gasteiger partial charge in [0, 0.05) is 11.6 Å². The first-order chi connectivity index (χ1) is 10.5. The van der Waals surface area contributed by atoms with Gasteiger partial charge in [0.1, 0.15) is 11.6 Å². The molecule has 0 aliphatic carbocycles. The maximum Gasteiger partial charge on any atom is 0.311 e. The predicted octanol–water partition coefficient (Wildman–Crippen LogP) is 3.09. The minimum absolute atomic E-state index is 0.147. The van der Waals surface area contributed by atoms with E-state index in [4.69, 9.17) is 5.26 Å². The van der Waals surface area contributed by atoms with Crippen molar-refractivity contribution in [3.05, 3.63) is 75.3 Å². The van der Waals surface area contributed by atoms with Crippen LogP contribution in [0.3, 0.4) is 0 Å². The number of carbonyl (C=O) groups excluding carboxylic acids is 1. The van der Waals surface area contributed by atoms with Crippen molar-refractivity contribution in [3.8, 4) is 11.8 Å². The van der Waals surface area contributed by atoms with E-state index in [1.165, 1.54) is 12.1 Å². The van der Waals surface area contributed by atoms with E-state index in [1.54, 1.807) is 36.4 Å². The van der Waals surface area contributed by atoms with Gasteiger partial charge in [0.15, 0.2) is 5.75 Å². The zero-order chi connectivity index (χ0) is 16.1. The van der Waals surface area contributed by atoms with Crippen LogP contribution in [0.5, 0.6) is 5.75 Å². The summed E-state index contributed by atoms with van der Waals surface area (Å²) in [5.41, 5.74) is -0.00158. The number of benzene rings is 2. The Morgan fingerprint density at radius 1 is 1.23 bits per heavy atom. The number of allylic oxidation sites excluding steroid dienone is 1. The maximum atomic E-state index is 12.2. The molecule has 0 heterocycles. The zero-order valence-electron chi connectivity index (χ0n) is 11.3. The summed E-state index contributed by atoms with van der Waals surface area (Å²) in [6, 6.07) is 13.7. The van der Waals surface area contributed by atoms with Crippen LogP contribution in [0.2, 0.25) is 0 Å². The topological polar surface area (TPSA) is 104 Å². The van der Waals surface area contributed by atoms with Crippen molar-refractivity contribution in [2.75, 3.05) is 0 Å². The van der Waals surface area contributed by atoms with Gasteiger partial charge in [-0.25, -0.2) is 0 Å². The third-order valence-electron chi connectivity index (χ3n) is 2.91. The smallest absolute Gasteiger partial charge is 0.311 e. The lowest BCUT2D eigenvalue weighted by molar-refractivity contribution is -0.385. The Hall–Kier alpha value is -3.46. The molecule has 0 aliphatic rings. The molecule has 6 nitrogen and oxygen atoms in total. The number of nitro benzene ring substituents is 1. The van der Waals surface area contributed by atoms with Gasteiger partial charge in [0.2, 0.25) is 5.78 Å². The number of phenolic OH excluding ortho intramolecular Hbond substituents is 1. The van der Waals surface area contributed by atoms with Crippen molar-refractivity contribution in [2.45, 2.75) is 0 Å². The summed E-state index contributed by atoms with van der Waals surface area (Å²) in [6.45, 7) is 0. The lowest BCUT2D eigenvalue weighted by atomic mass is 10.0. The van der Waals surface area contributed by atoms with Crippen LogP contribution in [0.25, 0.3) is 6.08 Å². The molecule has 1 N–H and O–H groups in total. The molecule has 0 aromatic heterocycles. The third kappa shape index (κ3) is 3.16. The minimum Gasteiger partial charge on any atom is -0.502 e. The first-order valence-corrected chi connectivity index (χ1v) is 6.22. The lowest BCUT2D eigenvalue weighted by Crippen LogP contribution is -2.01. The van der Waals surface area contributed by atoms with Gasteiger partial charge in [-0.1, -0.05) is 36.4 Å². The van der Waals surface area contributed by atoms with Crippen molar-refractivity contribution >= 4 is 17.5 Å². The number of hydrogen-bond acceptors (Lipinski definition) is 5. The lowest BCUT2D eigenvalue weighted by Gasteiger charge is -2.01. The molecule has 0 atom stereocenters. The Balaban J connectivity index is 2.42. The fraction of sp³-hybridized carbons (Fsp3) is 0. The number of Topliss-reactive ketones (excluding diaryl/α,β-unsaturated/α-hetero) is 1. The Kier molecular flexibility index (Phi) is 4.30. The standard InChI is InChI=1S/C16H10N2O4/c17-10-13(16(20)12-4-2-1-3-5-12)8-11-6-7-15(19)14(9-11)18(21)22/h1-9,19H/b13-8+. The molecule has 0 aliphatic heterocycles. The van der Waals surface area contributed by atoms with Gasteiger partial charge in [-0.3, -0.25) is 14.9 Å². The number of hydrogen-bond donors (Lipinski definition) is 1. The Morgan fingerprint density at radius 2 is 1.91 bits per heavy atom. The summed E-state index contributed by atoms with van der Waals surface area (Å²) in [6.07, 6.45) is 1.25. The van der Waals surface area contributed by atoms with Gasteiger partial charge in [0.25, 0.3) is 0 Å². The van der Waals surface area contributed by atoms with Gasteiger partial charge < -0.3 is 5.11 Å². The van der Waals surface area contributed by atoms with E-state index >= 15 is 0 Å². The van der Waals surface area contributed by atoms with Gasteiger partial charge in [-0.05, 0) is 17.7 Å². The largest absolute Gasteiger partial charge is 0.502 e. The first kappa shape index (κ1) is 14.9. The van der Waals surface area contributed by atoms with E-state index < -0.39 is 22.1 Å². The molecule has 2 aromatic rings. The van der Waals surface area contributed by atoms with Crippen LogP contribution < -0.4 is 0 Å². The maximum absolute atomic E-state index is 12.2. The van der Waals surface area contributed by atoms with E-state index in [1.807, 2.05) is 0 Å². The molecule has 0 unspecified atom stereocenters. The van der Waals surface area contributed by atoms with E-state index in [-0.39, 0.29) is 11.1 Å². The second-order valence-electron chi connectivity index (χ2n) is 4.37. The Morgan fingerprint density at radius 3 is 2.50 bits per heavy atom. The van der Waals surface area contributed by atoms with E-state index in [9.17, 15) is 20.0 Å². The highest BCUT2D eigenvalue weighted by atomic mass is 16.6. The Labute approximate surface area is 125 Å². The third-order valence-corrected chi connectivity index (χ3v) is 2.91. The van der Waals surface area contributed by atoms with Gasteiger partial charge in [-0.15, -0.1) is 0 Å². The number of nitrogens with zero attached hydrogens (tertiary/aromatic N) is 2. The van der Waals surface area contributed by atoms with Gasteiger partial charge >= 0.3 is 5.69 Å². The number of rotatable bonds is 4. The summed E-state index contributed by atoms with van der Waals surface area (Å²) < 4.78 is 0. The molecule has 2 aromatic carbocycles. The molecular weight excluding hydrogens is 284 g/mol. The number of nitro groups is 1. The average Bonchev–Trinajstić information content (AvgIpc) is 2.54. The average molecular weight is 294 g/mol. The van der Waals surface area contributed by atoms with Crippen molar-refractivity contribution in [1.82, 2.24) is 0 Å². The van der Waals surface area contributed by atoms with Gasteiger partial charge in [-0.2, -0.15) is 5.26 Å². The highest BCUT2D eigenvalue weighted by molar-refractivity contribution is 6.14. The van der Waals surface area contributed by atoms with Crippen molar-refractivity contribution in [3.63, 3.8) is 0 Å². The summed E-state index contributed by atoms with van der Waals surface area (Å²) in [5, 5.41) is 29.3. The molecule has 108 valence electrons. The number of phenols is 1. The summed E-state index contributed by atoms with van der Waals surface area (Å²) in [5.74, 6) is -0.950. The van der Waals surface area contributed by atoms with Crippen LogP contribution in [-0.2, 0) is 0 Å². The quantitative estimate of drug-likeness (QED) is 0.307. The van der Waals surface area contributed by atoms with E-state index in [0.29, 0.717) is 5.56 Å². The Bertz CT molecular complexity index is 805. The monoisotopic (exact) mass is 294 g/mol. The summed E-state index contributed by atoms with van der Waals surface area (Å²) >= 11 is 0. The normalized spacial score (nSPS) is 10.8. The highest BCUT2D eigenvalue weighted by Gasteiger charge is 2.15. The van der Waals surface area contributed by atoms with Crippen LogP contribution in [0.4, 0.5) is 5.69 Å². The molecule has 0 radical (unpaired) electrons. The van der Waals surface area contributed by atoms with Crippen molar-refractivity contribution in [2.24, 2.45) is 0 Å². The second kappa shape index (κ2) is 6.33. The van der Waals surface area contributed by atoms with E-state index in [2.05, 4.69) is 0 Å². The fourth-order valence-corrected chi connectivity index (χ4v) is 1.84. The molecule has 2 rings (SSSR count). The molecule has 0 saturated heterocycles. The molecule has 0 fully saturated rings. The second-order valence-corrected chi connectivity index (χ2v) is 4.37.